The summed E-state index contributed by atoms with van der Waals surface area (Å²) in [6.45, 7) is 5.15. The number of aryl methyl sites for hydroxylation is 1. The molecule has 2 amide bonds. The van der Waals surface area contributed by atoms with Gasteiger partial charge < -0.3 is 10.2 Å². The lowest BCUT2D eigenvalue weighted by Crippen LogP contribution is -2.54. The van der Waals surface area contributed by atoms with E-state index in [9.17, 15) is 22.4 Å². The summed E-state index contributed by atoms with van der Waals surface area (Å²) in [6.07, 6.45) is 1.23. The summed E-state index contributed by atoms with van der Waals surface area (Å²) in [6, 6.07) is 20.7. The summed E-state index contributed by atoms with van der Waals surface area (Å²) in [5, 5.41) is 2.91. The van der Waals surface area contributed by atoms with Gasteiger partial charge in [0.05, 0.1) is 11.9 Å². The van der Waals surface area contributed by atoms with Gasteiger partial charge in [-0.05, 0) is 61.7 Å². The zero-order valence-electron chi connectivity index (χ0n) is 22.1. The number of halogens is 1. The Morgan fingerprint density at radius 2 is 1.53 bits per heavy atom. The first-order valence-corrected chi connectivity index (χ1v) is 14.2. The van der Waals surface area contributed by atoms with E-state index in [0.29, 0.717) is 0 Å². The van der Waals surface area contributed by atoms with Gasteiger partial charge in [-0.25, -0.2) is 12.8 Å². The normalized spacial score (nSPS) is 12.2. The molecule has 3 aromatic carbocycles. The second kappa shape index (κ2) is 12.7. The van der Waals surface area contributed by atoms with Crippen LogP contribution in [0.5, 0.6) is 0 Å². The molecule has 38 heavy (non-hydrogen) atoms. The number of carbonyl (C=O) groups is 2. The number of rotatable bonds is 11. The van der Waals surface area contributed by atoms with E-state index >= 15 is 0 Å². The second-order valence-electron chi connectivity index (χ2n) is 9.56. The van der Waals surface area contributed by atoms with Crippen LogP contribution >= 0.6 is 0 Å². The largest absolute Gasteiger partial charge is 0.352 e. The molecular weight excluding hydrogens is 505 g/mol. The SMILES string of the molecule is Cc1ccccc1CN(C(=O)CN(c1ccc(F)cc1)S(C)(=O)=O)[C@H](Cc1ccccc1)C(=O)NC(C)C. The van der Waals surface area contributed by atoms with Crippen molar-refractivity contribution in [3.63, 3.8) is 0 Å². The van der Waals surface area contributed by atoms with Crippen LogP contribution in [0.3, 0.4) is 0 Å². The second-order valence-corrected chi connectivity index (χ2v) is 11.5. The number of hydrogen-bond donors (Lipinski definition) is 1. The first-order valence-electron chi connectivity index (χ1n) is 12.4. The van der Waals surface area contributed by atoms with Crippen molar-refractivity contribution in [3.05, 3.63) is 101 Å². The quantitative estimate of drug-likeness (QED) is 0.398. The monoisotopic (exact) mass is 539 g/mol. The fourth-order valence-electron chi connectivity index (χ4n) is 4.13. The van der Waals surface area contributed by atoms with E-state index in [-0.39, 0.29) is 30.6 Å². The molecule has 0 radical (unpaired) electrons. The maximum absolute atomic E-state index is 13.9. The van der Waals surface area contributed by atoms with Gasteiger partial charge in [0, 0.05) is 19.0 Å². The highest BCUT2D eigenvalue weighted by Gasteiger charge is 2.33. The fourth-order valence-corrected chi connectivity index (χ4v) is 4.98. The highest BCUT2D eigenvalue weighted by Crippen LogP contribution is 2.21. The van der Waals surface area contributed by atoms with E-state index in [0.717, 1.165) is 39.4 Å². The van der Waals surface area contributed by atoms with Crippen LogP contribution in [0.4, 0.5) is 10.1 Å². The van der Waals surface area contributed by atoms with Gasteiger partial charge in [-0.2, -0.15) is 0 Å². The Morgan fingerprint density at radius 1 is 0.921 bits per heavy atom. The molecule has 0 saturated carbocycles. The van der Waals surface area contributed by atoms with Gasteiger partial charge in [-0.3, -0.25) is 13.9 Å². The number of amides is 2. The molecule has 0 unspecified atom stereocenters. The van der Waals surface area contributed by atoms with E-state index in [1.165, 1.54) is 17.0 Å². The molecule has 0 spiro atoms. The maximum atomic E-state index is 13.9. The molecule has 0 aromatic heterocycles. The van der Waals surface area contributed by atoms with Crippen LogP contribution in [-0.2, 0) is 32.6 Å². The number of benzene rings is 3. The number of sulfonamides is 1. The third-order valence-electron chi connectivity index (χ3n) is 6.10. The predicted molar refractivity (Wildman–Crippen MR) is 148 cm³/mol. The summed E-state index contributed by atoms with van der Waals surface area (Å²) in [5.74, 6) is -1.41. The van der Waals surface area contributed by atoms with Crippen LogP contribution in [0.25, 0.3) is 0 Å². The van der Waals surface area contributed by atoms with E-state index in [2.05, 4.69) is 5.32 Å². The van der Waals surface area contributed by atoms with Gasteiger partial charge in [-0.15, -0.1) is 0 Å². The lowest BCUT2D eigenvalue weighted by molar-refractivity contribution is -0.140. The minimum Gasteiger partial charge on any atom is -0.352 e. The summed E-state index contributed by atoms with van der Waals surface area (Å²) >= 11 is 0. The summed E-state index contributed by atoms with van der Waals surface area (Å²) in [4.78, 5) is 28.9. The lowest BCUT2D eigenvalue weighted by atomic mass is 10.0. The van der Waals surface area contributed by atoms with Crippen molar-refractivity contribution in [3.8, 4) is 0 Å². The highest BCUT2D eigenvalue weighted by molar-refractivity contribution is 7.92. The van der Waals surface area contributed by atoms with Crippen molar-refractivity contribution < 1.29 is 22.4 Å². The number of hydrogen-bond acceptors (Lipinski definition) is 4. The van der Waals surface area contributed by atoms with Crippen molar-refractivity contribution in [1.82, 2.24) is 10.2 Å². The molecule has 3 rings (SSSR count). The molecule has 0 fully saturated rings. The van der Waals surface area contributed by atoms with Crippen LogP contribution in [0.2, 0.25) is 0 Å². The molecule has 0 bridgehead atoms. The molecule has 9 heteroatoms. The van der Waals surface area contributed by atoms with Crippen LogP contribution in [-0.4, -0.2) is 50.0 Å². The summed E-state index contributed by atoms with van der Waals surface area (Å²) < 4.78 is 39.9. The van der Waals surface area contributed by atoms with Crippen LogP contribution in [0.15, 0.2) is 78.9 Å². The fraction of sp³-hybridized carbons (Fsp3) is 0.310. The van der Waals surface area contributed by atoms with Gasteiger partial charge in [0.25, 0.3) is 0 Å². The van der Waals surface area contributed by atoms with Crippen molar-refractivity contribution in [2.75, 3.05) is 17.1 Å². The smallest absolute Gasteiger partial charge is 0.244 e. The predicted octanol–water partition coefficient (Wildman–Crippen LogP) is 4.06. The molecule has 0 aliphatic carbocycles. The van der Waals surface area contributed by atoms with Crippen molar-refractivity contribution in [1.29, 1.82) is 0 Å². The third kappa shape index (κ3) is 7.89. The zero-order chi connectivity index (χ0) is 27.9. The first-order chi connectivity index (χ1) is 18.0. The van der Waals surface area contributed by atoms with Crippen LogP contribution in [0, 0.1) is 12.7 Å². The van der Waals surface area contributed by atoms with Crippen LogP contribution in [0.1, 0.15) is 30.5 Å². The Morgan fingerprint density at radius 3 is 2.11 bits per heavy atom. The van der Waals surface area contributed by atoms with Crippen molar-refractivity contribution in [2.45, 2.75) is 45.8 Å². The highest BCUT2D eigenvalue weighted by atomic mass is 32.2. The molecule has 1 atom stereocenters. The molecular formula is C29H34FN3O4S. The Bertz CT molecular complexity index is 1350. The van der Waals surface area contributed by atoms with Gasteiger partial charge in [0.1, 0.15) is 18.4 Å². The standard InChI is InChI=1S/C29H34FN3O4S/c1-21(2)31-29(35)27(18-23-11-6-5-7-12-23)32(19-24-13-9-8-10-22(24)3)28(34)20-33(38(4,36)37)26-16-14-25(30)15-17-26/h5-17,21,27H,18-20H2,1-4H3,(H,31,35)/t27-/m1/s1. The molecule has 0 saturated heterocycles. The van der Waals surface area contributed by atoms with E-state index in [1.807, 2.05) is 75.4 Å². The molecule has 1 N–H and O–H groups in total. The number of carbonyl (C=O) groups excluding carboxylic acids is 2. The van der Waals surface area contributed by atoms with E-state index in [1.54, 1.807) is 0 Å². The number of nitrogens with one attached hydrogen (secondary N) is 1. The topological polar surface area (TPSA) is 86.8 Å². The minimum atomic E-state index is -3.90. The zero-order valence-corrected chi connectivity index (χ0v) is 22.9. The van der Waals surface area contributed by atoms with Crippen molar-refractivity contribution >= 4 is 27.5 Å². The average Bonchev–Trinajstić information content (AvgIpc) is 2.85. The Labute approximate surface area is 224 Å². The Kier molecular flexibility index (Phi) is 9.63. The van der Waals surface area contributed by atoms with Gasteiger partial charge in [0.15, 0.2) is 0 Å². The maximum Gasteiger partial charge on any atom is 0.244 e. The third-order valence-corrected chi connectivity index (χ3v) is 7.24. The molecule has 202 valence electrons. The van der Waals surface area contributed by atoms with Crippen LogP contribution < -0.4 is 9.62 Å². The molecule has 0 heterocycles. The van der Waals surface area contributed by atoms with Crippen molar-refractivity contribution in [2.24, 2.45) is 0 Å². The van der Waals surface area contributed by atoms with Gasteiger partial charge >= 0.3 is 0 Å². The molecule has 0 aliphatic rings. The summed E-state index contributed by atoms with van der Waals surface area (Å²) in [5.41, 5.74) is 2.79. The molecule has 3 aromatic rings. The number of anilines is 1. The Balaban J connectivity index is 2.06. The number of nitrogens with zero attached hydrogens (tertiary/aromatic N) is 2. The average molecular weight is 540 g/mol. The Hall–Kier alpha value is -3.72. The van der Waals surface area contributed by atoms with E-state index in [4.69, 9.17) is 0 Å². The first kappa shape index (κ1) is 28.8. The lowest BCUT2D eigenvalue weighted by Gasteiger charge is -2.34. The summed E-state index contributed by atoms with van der Waals surface area (Å²) in [7, 11) is -3.90. The van der Waals surface area contributed by atoms with Gasteiger partial charge in [-0.1, -0.05) is 54.6 Å². The molecule has 7 nitrogen and oxygen atoms in total. The minimum absolute atomic E-state index is 0.107. The van der Waals surface area contributed by atoms with E-state index < -0.39 is 34.3 Å². The van der Waals surface area contributed by atoms with Gasteiger partial charge in [0.2, 0.25) is 21.8 Å². The molecule has 0 aliphatic heterocycles.